The van der Waals surface area contributed by atoms with E-state index in [2.05, 4.69) is 15.9 Å². The number of aromatic nitrogens is 2. The molecule has 0 saturated carbocycles. The summed E-state index contributed by atoms with van der Waals surface area (Å²) in [5, 5.41) is 0.580. The summed E-state index contributed by atoms with van der Waals surface area (Å²) >= 11 is 3.42. The van der Waals surface area contributed by atoms with E-state index in [9.17, 15) is 9.59 Å². The van der Waals surface area contributed by atoms with Crippen LogP contribution in [0.2, 0.25) is 0 Å². The van der Waals surface area contributed by atoms with Crippen molar-refractivity contribution < 1.29 is 4.79 Å². The fraction of sp³-hybridized carbons (Fsp3) is 0.286. The number of benzene rings is 2. The second-order valence-electron chi connectivity index (χ2n) is 6.54. The zero-order valence-corrected chi connectivity index (χ0v) is 17.2. The Morgan fingerprint density at radius 3 is 2.67 bits per heavy atom. The van der Waals surface area contributed by atoms with Crippen molar-refractivity contribution in [3.63, 3.8) is 0 Å². The van der Waals surface area contributed by atoms with Crippen LogP contribution in [0, 0.1) is 0 Å². The van der Waals surface area contributed by atoms with Crippen LogP contribution in [0.4, 0.5) is 0 Å². The van der Waals surface area contributed by atoms with E-state index in [0.717, 1.165) is 10.9 Å². The van der Waals surface area contributed by atoms with Gasteiger partial charge in [0.05, 0.1) is 16.9 Å². The van der Waals surface area contributed by atoms with Gasteiger partial charge in [0.15, 0.2) is 0 Å². The summed E-state index contributed by atoms with van der Waals surface area (Å²) in [5.74, 6) is 0.503. The number of hydrogen-bond donors (Lipinski definition) is 0. The van der Waals surface area contributed by atoms with E-state index < -0.39 is 0 Å². The first-order valence-electron chi connectivity index (χ1n) is 8.96. The Hall–Kier alpha value is -2.47. The fourth-order valence-electron chi connectivity index (χ4n) is 3.25. The summed E-state index contributed by atoms with van der Waals surface area (Å²) < 4.78 is 2.40. The SMILES string of the molecule is CCCN(C(=O)c1cccc(Br)c1)C(C)c1nc2ccccc2c(=O)n1C. The highest BCUT2D eigenvalue weighted by Gasteiger charge is 2.25. The fourth-order valence-corrected chi connectivity index (χ4v) is 3.65. The predicted molar refractivity (Wildman–Crippen MR) is 111 cm³/mol. The van der Waals surface area contributed by atoms with Crippen LogP contribution in [0.15, 0.2) is 57.8 Å². The molecule has 3 rings (SSSR count). The maximum absolute atomic E-state index is 13.2. The maximum Gasteiger partial charge on any atom is 0.261 e. The lowest BCUT2D eigenvalue weighted by molar-refractivity contribution is 0.0680. The average Bonchev–Trinajstić information content (AvgIpc) is 2.68. The highest BCUT2D eigenvalue weighted by atomic mass is 79.9. The normalized spacial score (nSPS) is 12.1. The van der Waals surface area contributed by atoms with Crippen molar-refractivity contribution in [1.82, 2.24) is 14.5 Å². The lowest BCUT2D eigenvalue weighted by Gasteiger charge is -2.30. The van der Waals surface area contributed by atoms with E-state index in [0.29, 0.717) is 28.8 Å². The highest BCUT2D eigenvalue weighted by molar-refractivity contribution is 9.10. The van der Waals surface area contributed by atoms with Gasteiger partial charge in [-0.15, -0.1) is 0 Å². The Labute approximate surface area is 166 Å². The Morgan fingerprint density at radius 1 is 1.22 bits per heavy atom. The third-order valence-electron chi connectivity index (χ3n) is 4.66. The number of fused-ring (bicyclic) bond motifs is 1. The minimum Gasteiger partial charge on any atom is -0.329 e. The Balaban J connectivity index is 2.06. The standard InChI is InChI=1S/C21H22BrN3O2/c1-4-12-25(20(26)15-8-7-9-16(22)13-15)14(2)19-23-18-11-6-5-10-17(18)21(27)24(19)3/h5-11,13-14H,4,12H2,1-3H3. The number of nitrogens with zero attached hydrogens (tertiary/aromatic N) is 3. The second-order valence-corrected chi connectivity index (χ2v) is 7.45. The molecule has 2 aromatic carbocycles. The van der Waals surface area contributed by atoms with E-state index in [1.165, 1.54) is 0 Å². The molecule has 0 saturated heterocycles. The molecule has 3 aromatic rings. The van der Waals surface area contributed by atoms with Crippen molar-refractivity contribution in [1.29, 1.82) is 0 Å². The molecule has 1 heterocycles. The van der Waals surface area contributed by atoms with Gasteiger partial charge >= 0.3 is 0 Å². The molecule has 1 atom stereocenters. The van der Waals surface area contributed by atoms with Crippen LogP contribution in [0.5, 0.6) is 0 Å². The second kappa shape index (κ2) is 8.05. The topological polar surface area (TPSA) is 55.2 Å². The van der Waals surface area contributed by atoms with Gasteiger partial charge < -0.3 is 4.90 Å². The summed E-state index contributed by atoms with van der Waals surface area (Å²) in [6, 6.07) is 14.3. The molecule has 0 bridgehead atoms. The molecule has 0 aliphatic carbocycles. The molecule has 1 aromatic heterocycles. The number of amides is 1. The third-order valence-corrected chi connectivity index (χ3v) is 5.15. The summed E-state index contributed by atoms with van der Waals surface area (Å²) in [6.07, 6.45) is 0.811. The monoisotopic (exact) mass is 427 g/mol. The number of carbonyl (C=O) groups is 1. The molecule has 0 radical (unpaired) electrons. The predicted octanol–water partition coefficient (Wildman–Crippen LogP) is 4.31. The van der Waals surface area contributed by atoms with Crippen LogP contribution in [-0.4, -0.2) is 26.9 Å². The molecule has 0 aliphatic rings. The Bertz CT molecular complexity index is 1050. The van der Waals surface area contributed by atoms with Gasteiger partial charge in [0.25, 0.3) is 11.5 Å². The van der Waals surface area contributed by atoms with Gasteiger partial charge in [-0.3, -0.25) is 14.2 Å². The number of halogens is 1. The lowest BCUT2D eigenvalue weighted by atomic mass is 10.1. The minimum atomic E-state index is -0.335. The van der Waals surface area contributed by atoms with Crippen molar-refractivity contribution in [3.8, 4) is 0 Å². The van der Waals surface area contributed by atoms with Crippen LogP contribution in [0.25, 0.3) is 10.9 Å². The number of carbonyl (C=O) groups excluding carboxylic acids is 1. The van der Waals surface area contributed by atoms with Gasteiger partial charge in [0.2, 0.25) is 0 Å². The molecule has 0 N–H and O–H groups in total. The Morgan fingerprint density at radius 2 is 1.96 bits per heavy atom. The van der Waals surface area contributed by atoms with Crippen LogP contribution in [0.3, 0.4) is 0 Å². The van der Waals surface area contributed by atoms with Crippen LogP contribution < -0.4 is 5.56 Å². The first-order valence-corrected chi connectivity index (χ1v) is 9.75. The molecule has 1 unspecified atom stereocenters. The van der Waals surface area contributed by atoms with Crippen molar-refractivity contribution in [3.05, 3.63) is 74.7 Å². The molecule has 27 heavy (non-hydrogen) atoms. The summed E-state index contributed by atoms with van der Waals surface area (Å²) in [7, 11) is 1.71. The molecule has 140 valence electrons. The zero-order valence-electron chi connectivity index (χ0n) is 15.6. The zero-order chi connectivity index (χ0) is 19.6. The van der Waals surface area contributed by atoms with Crippen molar-refractivity contribution >= 4 is 32.7 Å². The molecular weight excluding hydrogens is 406 g/mol. The largest absolute Gasteiger partial charge is 0.329 e. The lowest BCUT2D eigenvalue weighted by Crippen LogP contribution is -2.37. The van der Waals surface area contributed by atoms with Gasteiger partial charge in [-0.2, -0.15) is 0 Å². The Kier molecular flexibility index (Phi) is 5.75. The van der Waals surface area contributed by atoms with Crippen LogP contribution in [-0.2, 0) is 7.05 Å². The van der Waals surface area contributed by atoms with Crippen molar-refractivity contribution in [2.45, 2.75) is 26.3 Å². The molecule has 0 spiro atoms. The van der Waals surface area contributed by atoms with Gasteiger partial charge in [-0.1, -0.05) is 41.1 Å². The number of rotatable bonds is 5. The summed E-state index contributed by atoms with van der Waals surface area (Å²) in [4.78, 5) is 32.4. The number of para-hydroxylation sites is 1. The molecule has 5 nitrogen and oxygen atoms in total. The van der Waals surface area contributed by atoms with Gasteiger partial charge in [0, 0.05) is 23.6 Å². The summed E-state index contributed by atoms with van der Waals surface area (Å²) in [5.41, 5.74) is 1.15. The van der Waals surface area contributed by atoms with Gasteiger partial charge in [-0.25, -0.2) is 4.98 Å². The average molecular weight is 428 g/mol. The maximum atomic E-state index is 13.2. The van der Waals surface area contributed by atoms with Crippen LogP contribution in [0.1, 0.15) is 42.5 Å². The van der Waals surface area contributed by atoms with Crippen LogP contribution >= 0.6 is 15.9 Å². The molecular formula is C21H22BrN3O2. The molecule has 0 aliphatic heterocycles. The van der Waals surface area contributed by atoms with E-state index in [-0.39, 0.29) is 17.5 Å². The summed E-state index contributed by atoms with van der Waals surface area (Å²) in [6.45, 7) is 4.53. The van der Waals surface area contributed by atoms with E-state index in [4.69, 9.17) is 4.98 Å². The van der Waals surface area contributed by atoms with E-state index >= 15 is 0 Å². The van der Waals surface area contributed by atoms with E-state index in [1.54, 1.807) is 28.6 Å². The minimum absolute atomic E-state index is 0.0759. The first kappa shape index (κ1) is 19.3. The molecule has 0 fully saturated rings. The molecule has 6 heteroatoms. The number of hydrogen-bond acceptors (Lipinski definition) is 3. The van der Waals surface area contributed by atoms with Crippen molar-refractivity contribution in [2.24, 2.45) is 7.05 Å². The first-order chi connectivity index (χ1) is 12.9. The van der Waals surface area contributed by atoms with Crippen molar-refractivity contribution in [2.75, 3.05) is 6.54 Å². The third kappa shape index (κ3) is 3.81. The quantitative estimate of drug-likeness (QED) is 0.609. The highest BCUT2D eigenvalue weighted by Crippen LogP contribution is 2.23. The smallest absolute Gasteiger partial charge is 0.261 e. The molecule has 1 amide bonds. The van der Waals surface area contributed by atoms with Gasteiger partial charge in [0.1, 0.15) is 5.82 Å². The van der Waals surface area contributed by atoms with E-state index in [1.807, 2.05) is 50.2 Å². The van der Waals surface area contributed by atoms with Gasteiger partial charge in [-0.05, 0) is 43.7 Å².